The maximum atomic E-state index is 12.8. The van der Waals surface area contributed by atoms with Crippen molar-refractivity contribution >= 4 is 12.0 Å². The zero-order valence-electron chi connectivity index (χ0n) is 15.3. The molecule has 0 aliphatic carbocycles. The Morgan fingerprint density at radius 2 is 1.54 bits per heavy atom. The molecule has 0 radical (unpaired) electrons. The van der Waals surface area contributed by atoms with Crippen molar-refractivity contribution in [2.75, 3.05) is 0 Å². The Labute approximate surface area is 154 Å². The number of hydrogen-bond donors (Lipinski definition) is 0. The van der Waals surface area contributed by atoms with Gasteiger partial charge in [-0.25, -0.2) is 9.69 Å². The fourth-order valence-electron chi connectivity index (χ4n) is 3.76. The number of cyclic esters (lactones) is 1. The van der Waals surface area contributed by atoms with Gasteiger partial charge in [-0.2, -0.15) is 0 Å². The van der Waals surface area contributed by atoms with Crippen LogP contribution in [0.25, 0.3) is 0 Å². The summed E-state index contributed by atoms with van der Waals surface area (Å²) in [5.41, 5.74) is 0.674. The van der Waals surface area contributed by atoms with Crippen LogP contribution in [0.3, 0.4) is 0 Å². The summed E-state index contributed by atoms with van der Waals surface area (Å²) in [6.07, 6.45) is 2.43. The lowest BCUT2D eigenvalue weighted by Gasteiger charge is -2.37. The third-order valence-electron chi connectivity index (χ3n) is 4.72. The quantitative estimate of drug-likeness (QED) is 0.763. The summed E-state index contributed by atoms with van der Waals surface area (Å²) in [6, 6.07) is 18.8. The van der Waals surface area contributed by atoms with Gasteiger partial charge in [-0.15, -0.1) is 0 Å². The zero-order valence-corrected chi connectivity index (χ0v) is 15.3. The maximum absolute atomic E-state index is 12.8. The van der Waals surface area contributed by atoms with Crippen molar-refractivity contribution in [1.82, 2.24) is 4.90 Å². The molecule has 2 aromatic rings. The normalized spacial score (nSPS) is 19.2. The van der Waals surface area contributed by atoms with Gasteiger partial charge in [0.1, 0.15) is 0 Å². The van der Waals surface area contributed by atoms with Crippen LogP contribution in [0.1, 0.15) is 31.9 Å². The number of benzene rings is 2. The second-order valence-electron chi connectivity index (χ2n) is 6.73. The van der Waals surface area contributed by atoms with Crippen molar-refractivity contribution < 1.29 is 14.3 Å². The summed E-state index contributed by atoms with van der Waals surface area (Å²) in [5, 5.41) is 0. The number of carbonyl (C=O) groups is 2. The van der Waals surface area contributed by atoms with E-state index in [1.54, 1.807) is 13.0 Å². The molecule has 1 heterocycles. The topological polar surface area (TPSA) is 46.6 Å². The van der Waals surface area contributed by atoms with E-state index in [0.717, 1.165) is 11.1 Å². The van der Waals surface area contributed by atoms with Gasteiger partial charge in [0.25, 0.3) is 5.91 Å². The Hall–Kier alpha value is -2.88. The van der Waals surface area contributed by atoms with Crippen molar-refractivity contribution in [2.45, 2.75) is 32.4 Å². The zero-order chi connectivity index (χ0) is 18.7. The molecule has 0 bridgehead atoms. The lowest BCUT2D eigenvalue weighted by Crippen LogP contribution is -2.49. The highest BCUT2D eigenvalue weighted by Crippen LogP contribution is 2.47. The van der Waals surface area contributed by atoms with E-state index in [0.29, 0.717) is 0 Å². The van der Waals surface area contributed by atoms with Gasteiger partial charge >= 0.3 is 6.09 Å². The summed E-state index contributed by atoms with van der Waals surface area (Å²) in [7, 11) is 0. The highest BCUT2D eigenvalue weighted by molar-refractivity contribution is 6.00. The smallest absolute Gasteiger partial charge is 0.418 e. The number of hydrogen-bond acceptors (Lipinski definition) is 3. The molecule has 1 fully saturated rings. The SMILES string of the molecule is CC=CC(=O)N1C(=O)OC(c2ccccc2)(c2ccccc2)[C@H]1C(C)C. The van der Waals surface area contributed by atoms with Crippen LogP contribution in [0.15, 0.2) is 72.8 Å². The number of ether oxygens (including phenoxy) is 1. The Kier molecular flexibility index (Phi) is 4.94. The van der Waals surface area contributed by atoms with Gasteiger partial charge in [0, 0.05) is 11.1 Å². The van der Waals surface area contributed by atoms with Gasteiger partial charge in [0.15, 0.2) is 5.60 Å². The number of amides is 2. The Morgan fingerprint density at radius 3 is 1.96 bits per heavy atom. The molecule has 3 rings (SSSR count). The van der Waals surface area contributed by atoms with Crippen LogP contribution < -0.4 is 0 Å². The molecule has 1 aliphatic rings. The minimum atomic E-state index is -1.04. The number of allylic oxidation sites excluding steroid dienone is 1. The van der Waals surface area contributed by atoms with Gasteiger partial charge in [-0.1, -0.05) is 80.6 Å². The molecular weight excluding hydrogens is 326 g/mol. The molecule has 1 atom stereocenters. The minimum Gasteiger partial charge on any atom is -0.430 e. The lowest BCUT2D eigenvalue weighted by molar-refractivity contribution is -0.125. The second-order valence-corrected chi connectivity index (χ2v) is 6.73. The first kappa shape index (κ1) is 17.9. The van der Waals surface area contributed by atoms with Crippen LogP contribution in [-0.2, 0) is 15.1 Å². The monoisotopic (exact) mass is 349 g/mol. The van der Waals surface area contributed by atoms with E-state index in [2.05, 4.69) is 0 Å². The molecule has 0 spiro atoms. The predicted octanol–water partition coefficient (Wildman–Crippen LogP) is 4.51. The Bertz CT molecular complexity index is 772. The van der Waals surface area contributed by atoms with Gasteiger partial charge in [-0.3, -0.25) is 4.79 Å². The largest absolute Gasteiger partial charge is 0.430 e. The van der Waals surface area contributed by atoms with E-state index in [-0.39, 0.29) is 11.8 Å². The molecule has 26 heavy (non-hydrogen) atoms. The Balaban J connectivity index is 2.26. The summed E-state index contributed by atoms with van der Waals surface area (Å²) in [5.74, 6) is -0.360. The van der Waals surface area contributed by atoms with Gasteiger partial charge < -0.3 is 4.74 Å². The minimum absolute atomic E-state index is 0.00364. The van der Waals surface area contributed by atoms with Crippen molar-refractivity contribution in [3.05, 3.63) is 83.9 Å². The summed E-state index contributed by atoms with van der Waals surface area (Å²) in [6.45, 7) is 5.76. The van der Waals surface area contributed by atoms with Crippen molar-refractivity contribution in [3.63, 3.8) is 0 Å². The van der Waals surface area contributed by atoms with Crippen LogP contribution in [0.4, 0.5) is 4.79 Å². The molecule has 4 heteroatoms. The molecule has 1 aliphatic heterocycles. The van der Waals surface area contributed by atoms with Crippen LogP contribution in [0.5, 0.6) is 0 Å². The lowest BCUT2D eigenvalue weighted by atomic mass is 9.75. The number of imide groups is 1. The van der Waals surface area contributed by atoms with Crippen molar-refractivity contribution in [3.8, 4) is 0 Å². The summed E-state index contributed by atoms with van der Waals surface area (Å²) < 4.78 is 6.01. The first-order chi connectivity index (χ1) is 12.5. The summed E-state index contributed by atoms with van der Waals surface area (Å²) in [4.78, 5) is 26.7. The van der Waals surface area contributed by atoms with Gasteiger partial charge in [0.2, 0.25) is 0 Å². The Morgan fingerprint density at radius 1 is 1.04 bits per heavy atom. The first-order valence-corrected chi connectivity index (χ1v) is 8.82. The standard InChI is InChI=1S/C22H23NO3/c1-4-11-19(24)23-20(16(2)3)22(26-21(23)25,17-12-7-5-8-13-17)18-14-9-6-10-15-18/h4-16,20H,1-3H3/t20-/m1/s1. The molecule has 0 N–H and O–H groups in total. The fourth-order valence-corrected chi connectivity index (χ4v) is 3.76. The molecule has 1 saturated heterocycles. The summed E-state index contributed by atoms with van der Waals surface area (Å²) >= 11 is 0. The second kappa shape index (κ2) is 7.16. The highest BCUT2D eigenvalue weighted by Gasteiger charge is 2.58. The molecular formula is C22H23NO3. The van der Waals surface area contributed by atoms with Crippen LogP contribution in [0.2, 0.25) is 0 Å². The molecule has 0 unspecified atom stereocenters. The van der Waals surface area contributed by atoms with E-state index in [1.165, 1.54) is 11.0 Å². The van der Waals surface area contributed by atoms with E-state index >= 15 is 0 Å². The number of rotatable bonds is 4. The molecule has 2 aromatic carbocycles. The third-order valence-corrected chi connectivity index (χ3v) is 4.72. The molecule has 4 nitrogen and oxygen atoms in total. The average molecular weight is 349 g/mol. The third kappa shape index (κ3) is 2.81. The van der Waals surface area contributed by atoms with Gasteiger partial charge in [0.05, 0.1) is 6.04 Å². The predicted molar refractivity (Wildman–Crippen MR) is 100 cm³/mol. The maximum Gasteiger partial charge on any atom is 0.418 e. The van der Waals surface area contributed by atoms with E-state index < -0.39 is 17.7 Å². The van der Waals surface area contributed by atoms with Crippen LogP contribution in [0, 0.1) is 5.92 Å². The van der Waals surface area contributed by atoms with E-state index in [9.17, 15) is 9.59 Å². The molecule has 2 amide bonds. The molecule has 134 valence electrons. The number of nitrogens with zero attached hydrogens (tertiary/aromatic N) is 1. The average Bonchev–Trinajstić information content (AvgIpc) is 2.98. The van der Waals surface area contributed by atoms with Gasteiger partial charge in [-0.05, 0) is 18.9 Å². The first-order valence-electron chi connectivity index (χ1n) is 8.82. The van der Waals surface area contributed by atoms with E-state index in [1.807, 2.05) is 74.5 Å². The molecule has 0 saturated carbocycles. The highest BCUT2D eigenvalue weighted by atomic mass is 16.6. The van der Waals surface area contributed by atoms with Crippen molar-refractivity contribution in [1.29, 1.82) is 0 Å². The van der Waals surface area contributed by atoms with Crippen LogP contribution in [-0.4, -0.2) is 22.9 Å². The van der Waals surface area contributed by atoms with E-state index in [4.69, 9.17) is 4.74 Å². The van der Waals surface area contributed by atoms with Crippen molar-refractivity contribution in [2.24, 2.45) is 5.92 Å². The molecule has 0 aromatic heterocycles. The number of carbonyl (C=O) groups excluding carboxylic acids is 2. The van der Waals surface area contributed by atoms with Crippen LogP contribution >= 0.6 is 0 Å². The fraction of sp³-hybridized carbons (Fsp3) is 0.273.